The maximum absolute atomic E-state index is 9.02. The molecule has 5 heteroatoms. The van der Waals surface area contributed by atoms with E-state index >= 15 is 0 Å². The maximum Gasteiger partial charge on any atom is 0.569 e. The third kappa shape index (κ3) is 3.92. The van der Waals surface area contributed by atoms with Crippen LogP contribution in [0.25, 0.3) is 33.1 Å². The summed E-state index contributed by atoms with van der Waals surface area (Å²) in [6, 6.07) is 40.8. The summed E-state index contributed by atoms with van der Waals surface area (Å²) in [6.07, 6.45) is 0. The molecule has 1 N–H and O–H groups in total. The van der Waals surface area contributed by atoms with E-state index in [4.69, 9.17) is 14.1 Å². The summed E-state index contributed by atoms with van der Waals surface area (Å²) >= 11 is 0. The summed E-state index contributed by atoms with van der Waals surface area (Å²) in [5.41, 5.74) is 7.01. The van der Waals surface area contributed by atoms with Crippen LogP contribution in [0.5, 0.6) is 5.75 Å². The van der Waals surface area contributed by atoms with Crippen LogP contribution in [0.15, 0.2) is 126 Å². The van der Waals surface area contributed by atoms with Crippen molar-refractivity contribution in [3.05, 3.63) is 121 Å². The second kappa shape index (κ2) is 9.05. The van der Waals surface area contributed by atoms with Crippen molar-refractivity contribution in [2.75, 3.05) is 4.90 Å². The van der Waals surface area contributed by atoms with Crippen molar-refractivity contribution < 1.29 is 14.1 Å². The van der Waals surface area contributed by atoms with Crippen LogP contribution < -0.4 is 9.55 Å². The number of rotatable bonds is 6. The van der Waals surface area contributed by atoms with Crippen LogP contribution in [0.2, 0.25) is 0 Å². The van der Waals surface area contributed by atoms with Gasteiger partial charge in [-0.25, -0.2) is 0 Å². The molecule has 0 atom stereocenters. The predicted octanol–water partition coefficient (Wildman–Crippen LogP) is 7.63. The average molecular weight is 454 g/mol. The molecule has 0 aliphatic carbocycles. The highest BCUT2D eigenvalue weighted by molar-refractivity contribution is 6.17. The average Bonchev–Trinajstić information content (AvgIpc) is 3.29. The minimum atomic E-state index is 0.559. The Bertz CT molecular complexity index is 1610. The second-order valence-corrected chi connectivity index (χ2v) is 8.21. The van der Waals surface area contributed by atoms with E-state index in [0.717, 1.165) is 50.1 Å². The van der Waals surface area contributed by atoms with E-state index in [-0.39, 0.29) is 0 Å². The topological polar surface area (TPSA) is 45.8 Å². The molecule has 0 amide bonds. The van der Waals surface area contributed by atoms with Crippen molar-refractivity contribution in [3.63, 3.8) is 0 Å². The monoisotopic (exact) mass is 454 g/mol. The smallest absolute Gasteiger partial charge is 0.537 e. The van der Waals surface area contributed by atoms with Crippen LogP contribution in [0.4, 0.5) is 17.1 Å². The number of para-hydroxylation sites is 2. The Labute approximate surface area is 203 Å². The SMILES string of the molecule is O[B]Oc1ccc(N(c2ccc3oc4ccccc4c3c2)c2ccccc2-c2ccccc2)cc1. The summed E-state index contributed by atoms with van der Waals surface area (Å²) < 4.78 is 11.2. The Morgan fingerprint density at radius 3 is 2.14 bits per heavy atom. The molecule has 6 aromatic rings. The number of anilines is 3. The number of furan rings is 1. The summed E-state index contributed by atoms with van der Waals surface area (Å²) in [7, 11) is 0.690. The van der Waals surface area contributed by atoms with E-state index in [1.54, 1.807) is 0 Å². The fraction of sp³-hybridized carbons (Fsp3) is 0. The van der Waals surface area contributed by atoms with Gasteiger partial charge in [0.2, 0.25) is 0 Å². The van der Waals surface area contributed by atoms with Gasteiger partial charge in [-0.15, -0.1) is 0 Å². The standard InChI is InChI=1S/C30H21BNO3/c33-31-35-24-17-14-22(15-18-24)32(28-12-6-4-10-25(28)21-8-2-1-3-9-21)23-16-19-30-27(20-23)26-11-5-7-13-29(26)34-30/h1-20,33H. The molecule has 0 unspecified atom stereocenters. The molecular formula is C30H21BNO3. The third-order valence-corrected chi connectivity index (χ3v) is 6.13. The van der Waals surface area contributed by atoms with Gasteiger partial charge in [0.1, 0.15) is 16.9 Å². The Morgan fingerprint density at radius 1 is 0.629 bits per heavy atom. The van der Waals surface area contributed by atoms with Crippen LogP contribution in [0, 0.1) is 0 Å². The summed E-state index contributed by atoms with van der Waals surface area (Å²) in [5.74, 6) is 0.559. The quantitative estimate of drug-likeness (QED) is 0.263. The lowest BCUT2D eigenvalue weighted by Crippen LogP contribution is -2.11. The zero-order chi connectivity index (χ0) is 23.6. The molecule has 1 aromatic heterocycles. The van der Waals surface area contributed by atoms with Gasteiger partial charge in [-0.1, -0.05) is 66.7 Å². The first-order valence-electron chi connectivity index (χ1n) is 11.4. The maximum atomic E-state index is 9.02. The van der Waals surface area contributed by atoms with Gasteiger partial charge in [-0.2, -0.15) is 0 Å². The zero-order valence-corrected chi connectivity index (χ0v) is 18.8. The molecule has 167 valence electrons. The van der Waals surface area contributed by atoms with Crippen molar-refractivity contribution in [2.24, 2.45) is 0 Å². The van der Waals surface area contributed by atoms with Gasteiger partial charge in [0.25, 0.3) is 0 Å². The van der Waals surface area contributed by atoms with Crippen molar-refractivity contribution in [1.29, 1.82) is 0 Å². The molecule has 0 aliphatic rings. The molecule has 0 spiro atoms. The summed E-state index contributed by atoms with van der Waals surface area (Å²) in [5, 5.41) is 11.2. The molecule has 0 saturated heterocycles. The fourth-order valence-electron chi connectivity index (χ4n) is 4.55. The van der Waals surface area contributed by atoms with Gasteiger partial charge in [-0.3, -0.25) is 0 Å². The highest BCUT2D eigenvalue weighted by Crippen LogP contribution is 2.42. The Kier molecular flexibility index (Phi) is 5.45. The lowest BCUT2D eigenvalue weighted by Gasteiger charge is -2.28. The summed E-state index contributed by atoms with van der Waals surface area (Å²) in [4.78, 5) is 2.23. The predicted molar refractivity (Wildman–Crippen MR) is 142 cm³/mol. The van der Waals surface area contributed by atoms with Crippen LogP contribution in [-0.2, 0) is 0 Å². The Balaban J connectivity index is 1.57. The minimum Gasteiger partial charge on any atom is -0.537 e. The Morgan fingerprint density at radius 2 is 1.31 bits per heavy atom. The van der Waals surface area contributed by atoms with E-state index in [1.165, 1.54) is 0 Å². The van der Waals surface area contributed by atoms with Crippen LogP contribution in [0.3, 0.4) is 0 Å². The van der Waals surface area contributed by atoms with E-state index in [1.807, 2.05) is 54.6 Å². The van der Waals surface area contributed by atoms with Gasteiger partial charge in [-0.05, 0) is 60.2 Å². The molecule has 0 saturated carbocycles. The number of nitrogens with zero attached hydrogens (tertiary/aromatic N) is 1. The van der Waals surface area contributed by atoms with E-state index in [9.17, 15) is 0 Å². The molecule has 0 aliphatic heterocycles. The van der Waals surface area contributed by atoms with Gasteiger partial charge < -0.3 is 19.0 Å². The molecular weight excluding hydrogens is 433 g/mol. The molecule has 1 radical (unpaired) electrons. The van der Waals surface area contributed by atoms with Crippen molar-refractivity contribution in [2.45, 2.75) is 0 Å². The zero-order valence-electron chi connectivity index (χ0n) is 18.8. The lowest BCUT2D eigenvalue weighted by molar-refractivity contribution is 0.454. The lowest BCUT2D eigenvalue weighted by atomic mass is 10.0. The number of benzene rings is 5. The highest BCUT2D eigenvalue weighted by Gasteiger charge is 2.18. The van der Waals surface area contributed by atoms with E-state index in [0.29, 0.717) is 13.4 Å². The fourth-order valence-corrected chi connectivity index (χ4v) is 4.55. The highest BCUT2D eigenvalue weighted by atomic mass is 16.5. The van der Waals surface area contributed by atoms with Crippen molar-refractivity contribution in [3.8, 4) is 16.9 Å². The van der Waals surface area contributed by atoms with Gasteiger partial charge in [0, 0.05) is 27.7 Å². The van der Waals surface area contributed by atoms with Crippen LogP contribution in [0.1, 0.15) is 0 Å². The van der Waals surface area contributed by atoms with Crippen LogP contribution >= 0.6 is 0 Å². The van der Waals surface area contributed by atoms with Crippen molar-refractivity contribution in [1.82, 2.24) is 0 Å². The molecule has 5 aromatic carbocycles. The second-order valence-electron chi connectivity index (χ2n) is 8.21. The van der Waals surface area contributed by atoms with Crippen molar-refractivity contribution >= 4 is 46.7 Å². The van der Waals surface area contributed by atoms with E-state index in [2.05, 4.69) is 71.6 Å². The van der Waals surface area contributed by atoms with E-state index < -0.39 is 0 Å². The molecule has 0 bridgehead atoms. The molecule has 4 nitrogen and oxygen atoms in total. The number of hydrogen-bond donors (Lipinski definition) is 1. The summed E-state index contributed by atoms with van der Waals surface area (Å²) in [6.45, 7) is 0. The largest absolute Gasteiger partial charge is 0.569 e. The first-order valence-corrected chi connectivity index (χ1v) is 11.4. The number of fused-ring (bicyclic) bond motifs is 3. The third-order valence-electron chi connectivity index (χ3n) is 6.13. The van der Waals surface area contributed by atoms with Gasteiger partial charge >= 0.3 is 7.69 Å². The first-order chi connectivity index (χ1) is 17.3. The molecule has 1 heterocycles. The van der Waals surface area contributed by atoms with Gasteiger partial charge in [0.05, 0.1) is 5.69 Å². The van der Waals surface area contributed by atoms with Gasteiger partial charge in [0.15, 0.2) is 0 Å². The first kappa shape index (κ1) is 21.1. The van der Waals surface area contributed by atoms with Crippen LogP contribution in [-0.4, -0.2) is 12.7 Å². The normalized spacial score (nSPS) is 11.0. The molecule has 0 fully saturated rings. The Hall–Kier alpha value is -4.48. The minimum absolute atomic E-state index is 0.559. The molecule has 6 rings (SSSR count). The molecule has 35 heavy (non-hydrogen) atoms. The number of hydrogen-bond acceptors (Lipinski definition) is 4.